The van der Waals surface area contributed by atoms with E-state index in [-0.39, 0.29) is 23.6 Å². The van der Waals surface area contributed by atoms with Crippen LogP contribution >= 0.6 is 11.3 Å². The van der Waals surface area contributed by atoms with Crippen molar-refractivity contribution in [2.75, 3.05) is 0 Å². The van der Waals surface area contributed by atoms with E-state index in [1.807, 2.05) is 36.6 Å². The van der Waals surface area contributed by atoms with Gasteiger partial charge in [0.2, 0.25) is 0 Å². The van der Waals surface area contributed by atoms with Gasteiger partial charge in [-0.2, -0.15) is 0 Å². The Morgan fingerprint density at radius 3 is 2.68 bits per heavy atom. The van der Waals surface area contributed by atoms with Crippen molar-refractivity contribution in [2.45, 2.75) is 13.5 Å². The van der Waals surface area contributed by atoms with Crippen molar-refractivity contribution >= 4 is 23.3 Å². The van der Waals surface area contributed by atoms with Crippen LogP contribution in [-0.2, 0) is 6.61 Å². The first-order valence-electron chi connectivity index (χ1n) is 7.44. The Kier molecular flexibility index (Phi) is 4.85. The number of ether oxygens (including phenoxy) is 1. The van der Waals surface area contributed by atoms with Gasteiger partial charge in [0.1, 0.15) is 17.9 Å². The molecule has 0 saturated heterocycles. The predicted octanol–water partition coefficient (Wildman–Crippen LogP) is 4.42. The van der Waals surface area contributed by atoms with Gasteiger partial charge in [-0.25, -0.2) is 4.98 Å². The van der Waals surface area contributed by atoms with Crippen LogP contribution in [0.3, 0.4) is 0 Å². The minimum absolute atomic E-state index is 0.112. The fourth-order valence-corrected chi connectivity index (χ4v) is 3.04. The number of benzene rings is 2. The zero-order chi connectivity index (χ0) is 17.8. The molecule has 2 aromatic carbocycles. The molecule has 0 amide bonds. The lowest BCUT2D eigenvalue weighted by Crippen LogP contribution is -2.00. The quantitative estimate of drug-likeness (QED) is 0.372. The van der Waals surface area contributed by atoms with Gasteiger partial charge in [0.15, 0.2) is 5.75 Å². The Bertz CT molecular complexity index is 919. The zero-order valence-electron chi connectivity index (χ0n) is 13.3. The minimum atomic E-state index is -0.568. The van der Waals surface area contributed by atoms with Crippen molar-refractivity contribution in [3.8, 4) is 16.3 Å². The van der Waals surface area contributed by atoms with Crippen molar-refractivity contribution in [1.29, 1.82) is 0 Å². The summed E-state index contributed by atoms with van der Waals surface area (Å²) in [6.45, 7) is 2.14. The van der Waals surface area contributed by atoms with E-state index in [9.17, 15) is 14.9 Å². The summed E-state index contributed by atoms with van der Waals surface area (Å²) in [4.78, 5) is 25.8. The molecule has 126 valence electrons. The van der Waals surface area contributed by atoms with Crippen molar-refractivity contribution < 1.29 is 14.5 Å². The highest BCUT2D eigenvalue weighted by Crippen LogP contribution is 2.29. The number of hydrogen-bond acceptors (Lipinski definition) is 6. The Morgan fingerprint density at radius 2 is 2.00 bits per heavy atom. The van der Waals surface area contributed by atoms with E-state index in [4.69, 9.17) is 4.74 Å². The molecule has 0 aliphatic heterocycles. The molecular weight excluding hydrogens is 340 g/mol. The van der Waals surface area contributed by atoms with Gasteiger partial charge in [0.05, 0.1) is 10.6 Å². The maximum atomic E-state index is 11.1. The molecule has 3 rings (SSSR count). The second-order valence-corrected chi connectivity index (χ2v) is 6.26. The molecule has 0 fully saturated rings. The SMILES string of the molecule is Cc1ccc(-c2nc(COc3ccc(C=O)cc3[N+](=O)[O-])cs2)cc1. The summed E-state index contributed by atoms with van der Waals surface area (Å²) in [5, 5.41) is 13.8. The van der Waals surface area contributed by atoms with Gasteiger partial charge in [-0.3, -0.25) is 14.9 Å². The Labute approximate surface area is 147 Å². The van der Waals surface area contributed by atoms with E-state index in [2.05, 4.69) is 4.98 Å². The molecule has 3 aromatic rings. The molecule has 25 heavy (non-hydrogen) atoms. The molecule has 0 saturated carbocycles. The highest BCUT2D eigenvalue weighted by molar-refractivity contribution is 7.13. The summed E-state index contributed by atoms with van der Waals surface area (Å²) in [5.41, 5.74) is 2.88. The molecule has 1 aromatic heterocycles. The first-order chi connectivity index (χ1) is 12.1. The van der Waals surface area contributed by atoms with E-state index >= 15 is 0 Å². The molecule has 0 N–H and O–H groups in total. The number of thiazole rings is 1. The number of nitro groups is 1. The lowest BCUT2D eigenvalue weighted by Gasteiger charge is -2.05. The summed E-state index contributed by atoms with van der Waals surface area (Å²) in [5.74, 6) is 0.112. The number of aromatic nitrogens is 1. The molecule has 0 bridgehead atoms. The highest BCUT2D eigenvalue weighted by atomic mass is 32.1. The maximum absolute atomic E-state index is 11.1. The van der Waals surface area contributed by atoms with Crippen LogP contribution in [-0.4, -0.2) is 16.2 Å². The van der Waals surface area contributed by atoms with Crippen LogP contribution < -0.4 is 4.74 Å². The highest BCUT2D eigenvalue weighted by Gasteiger charge is 2.16. The predicted molar refractivity (Wildman–Crippen MR) is 95.1 cm³/mol. The van der Waals surface area contributed by atoms with E-state index in [0.717, 1.165) is 10.6 Å². The minimum Gasteiger partial charge on any atom is -0.480 e. The summed E-state index contributed by atoms with van der Waals surface area (Å²) in [6, 6.07) is 12.1. The lowest BCUT2D eigenvalue weighted by molar-refractivity contribution is -0.386. The van der Waals surface area contributed by atoms with Gasteiger partial charge in [-0.1, -0.05) is 29.8 Å². The van der Waals surface area contributed by atoms with Gasteiger partial charge < -0.3 is 4.74 Å². The number of nitrogens with zero attached hydrogens (tertiary/aromatic N) is 2. The lowest BCUT2D eigenvalue weighted by atomic mass is 10.2. The average Bonchev–Trinajstić information content (AvgIpc) is 3.09. The normalized spacial score (nSPS) is 10.4. The molecular formula is C18H14N2O4S. The second-order valence-electron chi connectivity index (χ2n) is 5.40. The van der Waals surface area contributed by atoms with Crippen LogP contribution in [0.2, 0.25) is 0 Å². The number of carbonyl (C=O) groups excluding carboxylic acids is 1. The van der Waals surface area contributed by atoms with Crippen molar-refractivity contribution in [2.24, 2.45) is 0 Å². The number of aldehydes is 1. The summed E-state index contributed by atoms with van der Waals surface area (Å²) < 4.78 is 5.54. The van der Waals surface area contributed by atoms with E-state index in [1.165, 1.54) is 35.1 Å². The molecule has 0 spiro atoms. The van der Waals surface area contributed by atoms with Crippen LogP contribution in [0.5, 0.6) is 5.75 Å². The Morgan fingerprint density at radius 1 is 1.24 bits per heavy atom. The van der Waals surface area contributed by atoms with Gasteiger partial charge >= 0.3 is 5.69 Å². The van der Waals surface area contributed by atoms with Crippen LogP contribution in [0.1, 0.15) is 21.6 Å². The fourth-order valence-electron chi connectivity index (χ4n) is 2.23. The number of rotatable bonds is 6. The van der Waals surface area contributed by atoms with Crippen molar-refractivity contribution in [3.05, 3.63) is 74.8 Å². The summed E-state index contributed by atoms with van der Waals surface area (Å²) in [7, 11) is 0. The molecule has 0 atom stereocenters. The Balaban J connectivity index is 1.75. The van der Waals surface area contributed by atoms with Crippen LogP contribution in [0.15, 0.2) is 47.8 Å². The maximum Gasteiger partial charge on any atom is 0.311 e. The summed E-state index contributed by atoms with van der Waals surface area (Å²) in [6.07, 6.45) is 0.561. The van der Waals surface area contributed by atoms with E-state index in [1.54, 1.807) is 0 Å². The van der Waals surface area contributed by atoms with Gasteiger partial charge in [-0.15, -0.1) is 11.3 Å². The number of aryl methyl sites for hydroxylation is 1. The molecule has 0 aliphatic rings. The molecule has 6 nitrogen and oxygen atoms in total. The van der Waals surface area contributed by atoms with Crippen molar-refractivity contribution in [1.82, 2.24) is 4.98 Å². The molecule has 7 heteroatoms. The first-order valence-corrected chi connectivity index (χ1v) is 8.32. The smallest absolute Gasteiger partial charge is 0.311 e. The number of nitro benzene ring substituents is 1. The average molecular weight is 354 g/mol. The molecule has 0 radical (unpaired) electrons. The third-order valence-corrected chi connectivity index (χ3v) is 4.48. The van der Waals surface area contributed by atoms with Gasteiger partial charge in [0, 0.05) is 22.6 Å². The molecule has 1 heterocycles. The topological polar surface area (TPSA) is 82.3 Å². The third kappa shape index (κ3) is 3.89. The van der Waals surface area contributed by atoms with Gasteiger partial charge in [-0.05, 0) is 19.1 Å². The molecule has 0 unspecified atom stereocenters. The second kappa shape index (κ2) is 7.23. The fraction of sp³-hybridized carbons (Fsp3) is 0.111. The first kappa shape index (κ1) is 16.8. The zero-order valence-corrected chi connectivity index (χ0v) is 14.2. The largest absolute Gasteiger partial charge is 0.480 e. The van der Waals surface area contributed by atoms with Crippen LogP contribution in [0.4, 0.5) is 5.69 Å². The van der Waals surface area contributed by atoms with Crippen molar-refractivity contribution in [3.63, 3.8) is 0 Å². The standard InChI is InChI=1S/C18H14N2O4S/c1-12-2-5-14(6-3-12)18-19-15(11-25-18)10-24-17-7-4-13(9-21)8-16(17)20(22)23/h2-9,11H,10H2,1H3. The van der Waals surface area contributed by atoms with Crippen LogP contribution in [0.25, 0.3) is 10.6 Å². The monoisotopic (exact) mass is 354 g/mol. The number of carbonyl (C=O) groups is 1. The molecule has 0 aliphatic carbocycles. The summed E-state index contributed by atoms with van der Waals surface area (Å²) >= 11 is 1.49. The van der Waals surface area contributed by atoms with Gasteiger partial charge in [0.25, 0.3) is 0 Å². The Hall–Kier alpha value is -3.06. The van der Waals surface area contributed by atoms with E-state index in [0.29, 0.717) is 12.0 Å². The number of hydrogen-bond donors (Lipinski definition) is 0. The van der Waals surface area contributed by atoms with Crippen LogP contribution in [0, 0.1) is 17.0 Å². The van der Waals surface area contributed by atoms with E-state index < -0.39 is 4.92 Å². The third-order valence-electron chi connectivity index (χ3n) is 3.54.